The number of nitrogens with one attached hydrogen (secondary N) is 1. The summed E-state index contributed by atoms with van der Waals surface area (Å²) >= 11 is 0. The fraction of sp³-hybridized carbons (Fsp3) is 0.692. The molecular formula is C13H23NO3. The Morgan fingerprint density at radius 2 is 2.06 bits per heavy atom. The molecular weight excluding hydrogens is 218 g/mol. The first-order valence-electron chi connectivity index (χ1n) is 6.18. The van der Waals surface area contributed by atoms with Crippen LogP contribution in [0.3, 0.4) is 0 Å². The minimum Gasteiger partial charge on any atom is -0.467 e. The number of ether oxygens (including phenoxy) is 2. The summed E-state index contributed by atoms with van der Waals surface area (Å²) in [6.45, 7) is 9.52. The van der Waals surface area contributed by atoms with Gasteiger partial charge in [-0.05, 0) is 13.0 Å². The van der Waals surface area contributed by atoms with Crippen molar-refractivity contribution < 1.29 is 13.9 Å². The number of hydrogen-bond donors (Lipinski definition) is 1. The van der Waals surface area contributed by atoms with Crippen molar-refractivity contribution in [1.82, 2.24) is 5.32 Å². The van der Waals surface area contributed by atoms with Gasteiger partial charge in [0.25, 0.3) is 0 Å². The maximum absolute atomic E-state index is 5.48. The van der Waals surface area contributed by atoms with Crippen LogP contribution in [0.5, 0.6) is 0 Å². The van der Waals surface area contributed by atoms with Crippen LogP contribution in [0.2, 0.25) is 0 Å². The van der Waals surface area contributed by atoms with E-state index in [9.17, 15) is 0 Å². The molecule has 0 saturated carbocycles. The Bertz CT molecular complexity index is 297. The predicted octanol–water partition coefficient (Wildman–Crippen LogP) is 2.33. The Balaban J connectivity index is 2.25. The van der Waals surface area contributed by atoms with Crippen LogP contribution >= 0.6 is 0 Å². The molecule has 1 rings (SSSR count). The van der Waals surface area contributed by atoms with Crippen LogP contribution in [0, 0.1) is 0 Å². The van der Waals surface area contributed by atoms with Gasteiger partial charge in [-0.1, -0.05) is 13.8 Å². The Kier molecular flexibility index (Phi) is 6.93. The zero-order valence-corrected chi connectivity index (χ0v) is 11.0. The molecule has 1 aromatic rings. The molecule has 98 valence electrons. The second kappa shape index (κ2) is 8.28. The molecule has 1 heterocycles. The summed E-state index contributed by atoms with van der Waals surface area (Å²) < 4.78 is 16.1. The van der Waals surface area contributed by atoms with E-state index >= 15 is 0 Å². The van der Waals surface area contributed by atoms with Crippen LogP contribution in [0.15, 0.2) is 16.7 Å². The third-order valence-corrected chi connectivity index (χ3v) is 2.35. The third kappa shape index (κ3) is 5.86. The zero-order valence-electron chi connectivity index (χ0n) is 11.0. The molecule has 4 heteroatoms. The lowest BCUT2D eigenvalue weighted by Gasteiger charge is -2.08. The van der Waals surface area contributed by atoms with Gasteiger partial charge in [-0.15, -0.1) is 0 Å². The van der Waals surface area contributed by atoms with Crippen LogP contribution in [-0.4, -0.2) is 25.9 Å². The average Bonchev–Trinajstić information content (AvgIpc) is 2.73. The molecule has 4 nitrogen and oxygen atoms in total. The smallest absolute Gasteiger partial charge is 0.133 e. The molecule has 0 saturated heterocycles. The maximum atomic E-state index is 5.48. The molecule has 0 fully saturated rings. The third-order valence-electron chi connectivity index (χ3n) is 2.35. The molecule has 0 aliphatic heterocycles. The fourth-order valence-corrected chi connectivity index (χ4v) is 1.39. The average molecular weight is 241 g/mol. The highest BCUT2D eigenvalue weighted by Crippen LogP contribution is 2.11. The largest absolute Gasteiger partial charge is 0.467 e. The monoisotopic (exact) mass is 241 g/mol. The fourth-order valence-electron chi connectivity index (χ4n) is 1.39. The van der Waals surface area contributed by atoms with Crippen LogP contribution in [0.1, 0.15) is 32.1 Å². The number of furan rings is 1. The van der Waals surface area contributed by atoms with E-state index in [0.717, 1.165) is 24.5 Å². The van der Waals surface area contributed by atoms with Gasteiger partial charge in [-0.3, -0.25) is 0 Å². The first kappa shape index (κ1) is 14.2. The molecule has 0 unspecified atom stereocenters. The lowest BCUT2D eigenvalue weighted by Crippen LogP contribution is -2.22. The second-order valence-corrected chi connectivity index (χ2v) is 4.15. The Labute approximate surface area is 103 Å². The van der Waals surface area contributed by atoms with Crippen molar-refractivity contribution in [3.05, 3.63) is 23.7 Å². The van der Waals surface area contributed by atoms with Crippen LogP contribution < -0.4 is 5.32 Å². The van der Waals surface area contributed by atoms with Gasteiger partial charge in [-0.2, -0.15) is 0 Å². The van der Waals surface area contributed by atoms with Crippen molar-refractivity contribution in [2.24, 2.45) is 0 Å². The topological polar surface area (TPSA) is 43.6 Å². The molecule has 0 bridgehead atoms. The van der Waals surface area contributed by atoms with E-state index in [0.29, 0.717) is 25.9 Å². The van der Waals surface area contributed by atoms with Gasteiger partial charge in [0.05, 0.1) is 19.5 Å². The van der Waals surface area contributed by atoms with Crippen molar-refractivity contribution in [1.29, 1.82) is 0 Å². The first-order chi connectivity index (χ1) is 8.24. The van der Waals surface area contributed by atoms with Crippen molar-refractivity contribution in [3.63, 3.8) is 0 Å². The summed E-state index contributed by atoms with van der Waals surface area (Å²) in [4.78, 5) is 0. The SMILES string of the molecule is CCOCCOCc1occc1CNC(C)C. The summed E-state index contributed by atoms with van der Waals surface area (Å²) in [6.07, 6.45) is 1.71. The summed E-state index contributed by atoms with van der Waals surface area (Å²) in [5.74, 6) is 0.898. The van der Waals surface area contributed by atoms with Crippen LogP contribution in [-0.2, 0) is 22.6 Å². The van der Waals surface area contributed by atoms with E-state index in [1.807, 2.05) is 13.0 Å². The molecule has 0 atom stereocenters. The molecule has 0 spiro atoms. The van der Waals surface area contributed by atoms with Gasteiger partial charge < -0.3 is 19.2 Å². The lowest BCUT2D eigenvalue weighted by atomic mass is 10.2. The van der Waals surface area contributed by atoms with E-state index in [4.69, 9.17) is 13.9 Å². The molecule has 0 radical (unpaired) electrons. The quantitative estimate of drug-likeness (QED) is 0.674. The summed E-state index contributed by atoms with van der Waals surface area (Å²) in [5.41, 5.74) is 1.16. The van der Waals surface area contributed by atoms with Gasteiger partial charge in [0.1, 0.15) is 12.4 Å². The summed E-state index contributed by atoms with van der Waals surface area (Å²) in [6, 6.07) is 2.45. The molecule has 1 N–H and O–H groups in total. The summed E-state index contributed by atoms with van der Waals surface area (Å²) in [5, 5.41) is 3.36. The summed E-state index contributed by atoms with van der Waals surface area (Å²) in [7, 11) is 0. The van der Waals surface area contributed by atoms with Crippen molar-refractivity contribution >= 4 is 0 Å². The lowest BCUT2D eigenvalue weighted by molar-refractivity contribution is 0.0386. The predicted molar refractivity (Wildman–Crippen MR) is 66.8 cm³/mol. The first-order valence-corrected chi connectivity index (χ1v) is 6.18. The maximum Gasteiger partial charge on any atom is 0.133 e. The van der Waals surface area contributed by atoms with Crippen LogP contribution in [0.4, 0.5) is 0 Å². The molecule has 0 aromatic carbocycles. The van der Waals surface area contributed by atoms with Crippen molar-refractivity contribution in [2.45, 2.75) is 40.0 Å². The van der Waals surface area contributed by atoms with E-state index in [-0.39, 0.29) is 0 Å². The van der Waals surface area contributed by atoms with Gasteiger partial charge in [0, 0.05) is 24.8 Å². The second-order valence-electron chi connectivity index (χ2n) is 4.15. The van der Waals surface area contributed by atoms with E-state index in [1.54, 1.807) is 6.26 Å². The van der Waals surface area contributed by atoms with E-state index in [1.165, 1.54) is 0 Å². The van der Waals surface area contributed by atoms with Gasteiger partial charge in [0.2, 0.25) is 0 Å². The molecule has 1 aromatic heterocycles. The van der Waals surface area contributed by atoms with Gasteiger partial charge in [0.15, 0.2) is 0 Å². The van der Waals surface area contributed by atoms with Gasteiger partial charge in [-0.25, -0.2) is 0 Å². The van der Waals surface area contributed by atoms with Crippen molar-refractivity contribution in [3.8, 4) is 0 Å². The normalized spacial score (nSPS) is 11.3. The van der Waals surface area contributed by atoms with Crippen LogP contribution in [0.25, 0.3) is 0 Å². The van der Waals surface area contributed by atoms with E-state index < -0.39 is 0 Å². The molecule has 0 aliphatic carbocycles. The standard InChI is InChI=1S/C13H23NO3/c1-4-15-7-8-16-10-13-12(5-6-17-13)9-14-11(2)3/h5-6,11,14H,4,7-10H2,1-3H3. The minimum atomic E-state index is 0.469. The molecule has 0 aliphatic rings. The highest BCUT2D eigenvalue weighted by molar-refractivity contribution is 5.16. The Morgan fingerprint density at radius 3 is 2.76 bits per heavy atom. The number of hydrogen-bond acceptors (Lipinski definition) is 4. The number of rotatable bonds is 9. The highest BCUT2D eigenvalue weighted by atomic mass is 16.5. The molecule has 17 heavy (non-hydrogen) atoms. The molecule has 0 amide bonds. The Morgan fingerprint density at radius 1 is 1.29 bits per heavy atom. The zero-order chi connectivity index (χ0) is 12.5. The van der Waals surface area contributed by atoms with Gasteiger partial charge >= 0.3 is 0 Å². The van der Waals surface area contributed by atoms with Crippen molar-refractivity contribution in [2.75, 3.05) is 19.8 Å². The Hall–Kier alpha value is -0.840. The minimum absolute atomic E-state index is 0.469. The van der Waals surface area contributed by atoms with E-state index in [2.05, 4.69) is 19.2 Å². The highest BCUT2D eigenvalue weighted by Gasteiger charge is 2.06.